The number of rotatable bonds is 3. The number of hydrogen-bond donors (Lipinski definition) is 1. The Labute approximate surface area is 94.4 Å². The first-order valence-electron chi connectivity index (χ1n) is 4.82. The van der Waals surface area contributed by atoms with Crippen LogP contribution in [0.25, 0.3) is 0 Å². The van der Waals surface area contributed by atoms with E-state index in [0.717, 1.165) is 22.5 Å². The van der Waals surface area contributed by atoms with Crippen LogP contribution in [0.2, 0.25) is 10.0 Å². The lowest BCUT2D eigenvalue weighted by atomic mass is 10.1. The average Bonchev–Trinajstić information content (AvgIpc) is 2.89. The Bertz CT molecular complexity index is 338. The molecule has 0 spiro atoms. The molecule has 1 N–H and O–H groups in total. The molecule has 76 valence electrons. The minimum Gasteiger partial charge on any atom is -0.319 e. The van der Waals surface area contributed by atoms with Crippen molar-refractivity contribution in [2.45, 2.75) is 12.3 Å². The van der Waals surface area contributed by atoms with Gasteiger partial charge in [-0.25, -0.2) is 0 Å². The van der Waals surface area contributed by atoms with Crippen molar-refractivity contribution in [1.82, 2.24) is 5.32 Å². The highest BCUT2D eigenvalue weighted by Gasteiger charge is 2.38. The van der Waals surface area contributed by atoms with E-state index in [4.69, 9.17) is 23.2 Å². The number of benzene rings is 1. The van der Waals surface area contributed by atoms with Gasteiger partial charge in [-0.05, 0) is 55.6 Å². The van der Waals surface area contributed by atoms with Crippen LogP contribution in [-0.4, -0.2) is 13.6 Å². The molecule has 1 aromatic carbocycles. The highest BCUT2D eigenvalue weighted by Crippen LogP contribution is 2.49. The summed E-state index contributed by atoms with van der Waals surface area (Å²) in [5.41, 5.74) is 1.21. The third-order valence-electron chi connectivity index (χ3n) is 2.75. The van der Waals surface area contributed by atoms with Crippen molar-refractivity contribution in [2.75, 3.05) is 13.6 Å². The molecule has 2 atom stereocenters. The molecular weight excluding hydrogens is 217 g/mol. The Balaban J connectivity index is 2.14. The maximum absolute atomic E-state index is 6.12. The summed E-state index contributed by atoms with van der Waals surface area (Å²) >= 11 is 12.1. The number of nitrogens with one attached hydrogen (secondary N) is 1. The molecule has 1 saturated carbocycles. The van der Waals surface area contributed by atoms with Crippen LogP contribution in [0.1, 0.15) is 17.9 Å². The summed E-state index contributed by atoms with van der Waals surface area (Å²) in [7, 11) is 1.98. The van der Waals surface area contributed by atoms with E-state index in [1.807, 2.05) is 25.2 Å². The Morgan fingerprint density at radius 3 is 2.93 bits per heavy atom. The van der Waals surface area contributed by atoms with Crippen LogP contribution in [0.15, 0.2) is 18.2 Å². The Morgan fingerprint density at radius 2 is 2.21 bits per heavy atom. The molecule has 3 heteroatoms. The fourth-order valence-electron chi connectivity index (χ4n) is 1.92. The van der Waals surface area contributed by atoms with Crippen LogP contribution in [0.3, 0.4) is 0 Å². The quantitative estimate of drug-likeness (QED) is 0.839. The van der Waals surface area contributed by atoms with Crippen molar-refractivity contribution < 1.29 is 0 Å². The summed E-state index contributed by atoms with van der Waals surface area (Å²) in [5.74, 6) is 1.34. The third-order valence-corrected chi connectivity index (χ3v) is 3.33. The second-order valence-corrected chi connectivity index (χ2v) is 4.67. The van der Waals surface area contributed by atoms with Crippen LogP contribution < -0.4 is 5.32 Å². The van der Waals surface area contributed by atoms with Crippen molar-refractivity contribution in [3.05, 3.63) is 33.8 Å². The van der Waals surface area contributed by atoms with E-state index >= 15 is 0 Å². The average molecular weight is 230 g/mol. The highest BCUT2D eigenvalue weighted by molar-refractivity contribution is 6.33. The van der Waals surface area contributed by atoms with Crippen LogP contribution in [0.5, 0.6) is 0 Å². The van der Waals surface area contributed by atoms with Gasteiger partial charge in [0.1, 0.15) is 0 Å². The van der Waals surface area contributed by atoms with Crippen LogP contribution in [-0.2, 0) is 0 Å². The van der Waals surface area contributed by atoms with E-state index in [2.05, 4.69) is 5.32 Å². The van der Waals surface area contributed by atoms with Crippen LogP contribution in [0.4, 0.5) is 0 Å². The number of halogens is 2. The van der Waals surface area contributed by atoms with Crippen molar-refractivity contribution in [3.63, 3.8) is 0 Å². The van der Waals surface area contributed by atoms with Gasteiger partial charge in [-0.2, -0.15) is 0 Å². The molecule has 1 nitrogen and oxygen atoms in total. The maximum Gasteiger partial charge on any atom is 0.0441 e. The van der Waals surface area contributed by atoms with Crippen molar-refractivity contribution in [2.24, 2.45) is 5.92 Å². The van der Waals surface area contributed by atoms with E-state index in [9.17, 15) is 0 Å². The van der Waals surface area contributed by atoms with Crippen LogP contribution >= 0.6 is 23.2 Å². The summed E-state index contributed by atoms with van der Waals surface area (Å²) in [6, 6.07) is 5.71. The zero-order chi connectivity index (χ0) is 10.1. The zero-order valence-electron chi connectivity index (χ0n) is 8.06. The smallest absolute Gasteiger partial charge is 0.0441 e. The number of hydrogen-bond acceptors (Lipinski definition) is 1. The predicted molar refractivity (Wildman–Crippen MR) is 61.2 cm³/mol. The van der Waals surface area contributed by atoms with E-state index < -0.39 is 0 Å². The largest absolute Gasteiger partial charge is 0.319 e. The minimum atomic E-state index is 0.605. The van der Waals surface area contributed by atoms with Gasteiger partial charge in [0.15, 0.2) is 0 Å². The molecule has 0 heterocycles. The molecule has 1 aliphatic carbocycles. The van der Waals surface area contributed by atoms with Gasteiger partial charge in [0.05, 0.1) is 0 Å². The summed E-state index contributed by atoms with van der Waals surface area (Å²) in [5, 5.41) is 4.81. The van der Waals surface area contributed by atoms with Gasteiger partial charge in [-0.3, -0.25) is 0 Å². The van der Waals surface area contributed by atoms with Gasteiger partial charge in [0, 0.05) is 10.0 Å². The lowest BCUT2D eigenvalue weighted by Gasteiger charge is -2.04. The first kappa shape index (κ1) is 10.3. The molecule has 1 fully saturated rings. The zero-order valence-corrected chi connectivity index (χ0v) is 9.57. The molecule has 14 heavy (non-hydrogen) atoms. The molecule has 2 rings (SSSR count). The lowest BCUT2D eigenvalue weighted by Crippen LogP contribution is -2.10. The third kappa shape index (κ3) is 2.05. The molecular formula is C11H13Cl2N. The van der Waals surface area contributed by atoms with Crippen molar-refractivity contribution in [1.29, 1.82) is 0 Å². The Morgan fingerprint density at radius 1 is 1.43 bits per heavy atom. The fourth-order valence-corrected chi connectivity index (χ4v) is 2.35. The first-order chi connectivity index (χ1) is 6.72. The van der Waals surface area contributed by atoms with E-state index in [1.54, 1.807) is 0 Å². The molecule has 0 amide bonds. The molecule has 0 bridgehead atoms. The van der Waals surface area contributed by atoms with Gasteiger partial charge in [0.25, 0.3) is 0 Å². The second-order valence-electron chi connectivity index (χ2n) is 3.83. The summed E-state index contributed by atoms with van der Waals surface area (Å²) in [6.45, 7) is 1.06. The van der Waals surface area contributed by atoms with Gasteiger partial charge in [-0.15, -0.1) is 0 Å². The monoisotopic (exact) mass is 229 g/mol. The molecule has 1 aromatic rings. The summed E-state index contributed by atoms with van der Waals surface area (Å²) in [6.07, 6.45) is 1.22. The van der Waals surface area contributed by atoms with Crippen LogP contribution in [0, 0.1) is 5.92 Å². The second kappa shape index (κ2) is 4.09. The van der Waals surface area contributed by atoms with Gasteiger partial charge in [0.2, 0.25) is 0 Å². The van der Waals surface area contributed by atoms with E-state index in [1.165, 1.54) is 12.0 Å². The normalized spacial score (nSPS) is 25.1. The topological polar surface area (TPSA) is 12.0 Å². The molecule has 1 aliphatic rings. The fraction of sp³-hybridized carbons (Fsp3) is 0.455. The minimum absolute atomic E-state index is 0.605. The predicted octanol–water partition coefficient (Wildman–Crippen LogP) is 3.32. The van der Waals surface area contributed by atoms with Gasteiger partial charge >= 0.3 is 0 Å². The molecule has 0 aromatic heterocycles. The standard InChI is InChI=1S/C11H13Cl2N/c1-14-6-7-4-9(7)10-5-8(12)2-3-11(10)13/h2-3,5,7,9,14H,4,6H2,1H3/t7-,9-/m0/s1. The molecule has 0 unspecified atom stereocenters. The first-order valence-corrected chi connectivity index (χ1v) is 5.57. The SMILES string of the molecule is CNC[C@@H]1C[C@@H]1c1cc(Cl)ccc1Cl. The van der Waals surface area contributed by atoms with Crippen molar-refractivity contribution >= 4 is 23.2 Å². The maximum atomic E-state index is 6.12. The Hall–Kier alpha value is -0.240. The van der Waals surface area contributed by atoms with Crippen molar-refractivity contribution in [3.8, 4) is 0 Å². The Kier molecular flexibility index (Phi) is 3.01. The highest BCUT2D eigenvalue weighted by atomic mass is 35.5. The molecule has 0 aliphatic heterocycles. The van der Waals surface area contributed by atoms with Gasteiger partial charge in [-0.1, -0.05) is 23.2 Å². The lowest BCUT2D eigenvalue weighted by molar-refractivity contribution is 0.698. The van der Waals surface area contributed by atoms with E-state index in [-0.39, 0.29) is 0 Å². The summed E-state index contributed by atoms with van der Waals surface area (Å²) in [4.78, 5) is 0. The summed E-state index contributed by atoms with van der Waals surface area (Å²) < 4.78 is 0. The molecule has 0 saturated heterocycles. The van der Waals surface area contributed by atoms with Gasteiger partial charge < -0.3 is 5.32 Å². The van der Waals surface area contributed by atoms with E-state index in [0.29, 0.717) is 5.92 Å². The molecule has 0 radical (unpaired) electrons.